The highest BCUT2D eigenvalue weighted by molar-refractivity contribution is 7.19. The van der Waals surface area contributed by atoms with E-state index in [1.807, 2.05) is 55.5 Å². The van der Waals surface area contributed by atoms with E-state index in [0.717, 1.165) is 26.4 Å². The van der Waals surface area contributed by atoms with Gasteiger partial charge in [-0.25, -0.2) is 4.98 Å². The van der Waals surface area contributed by atoms with E-state index in [2.05, 4.69) is 9.97 Å². The van der Waals surface area contributed by atoms with Gasteiger partial charge < -0.3 is 4.98 Å². The Morgan fingerprint density at radius 3 is 2.58 bits per heavy atom. The summed E-state index contributed by atoms with van der Waals surface area (Å²) in [4.78, 5) is 22.2. The van der Waals surface area contributed by atoms with Crippen LogP contribution in [0.1, 0.15) is 16.3 Å². The standard InChI is InChI=1S/C20H14Cl2N2OS/c1-11-17(13-5-7-14(21)8-6-13)18-19(25)23-16(24-20(18)26-11)10-12-3-2-4-15(22)9-12/h2-9H,10H2,1H3,(H,23,24,25). The molecule has 0 fully saturated rings. The second-order valence-corrected chi connectivity index (χ2v) is 8.12. The van der Waals surface area contributed by atoms with Crippen LogP contribution < -0.4 is 5.56 Å². The van der Waals surface area contributed by atoms with Crippen LogP contribution in [0.4, 0.5) is 0 Å². The fraction of sp³-hybridized carbons (Fsp3) is 0.100. The van der Waals surface area contributed by atoms with Gasteiger partial charge in [0.15, 0.2) is 0 Å². The molecule has 2 heterocycles. The number of halogens is 2. The van der Waals surface area contributed by atoms with E-state index in [4.69, 9.17) is 23.2 Å². The molecule has 0 bridgehead atoms. The fourth-order valence-corrected chi connectivity index (χ4v) is 4.46. The van der Waals surface area contributed by atoms with Gasteiger partial charge in [0.05, 0.1) is 5.39 Å². The molecule has 4 rings (SSSR count). The van der Waals surface area contributed by atoms with Gasteiger partial charge in [-0.3, -0.25) is 4.79 Å². The van der Waals surface area contributed by atoms with E-state index >= 15 is 0 Å². The predicted molar refractivity (Wildman–Crippen MR) is 110 cm³/mol. The van der Waals surface area contributed by atoms with E-state index < -0.39 is 0 Å². The van der Waals surface area contributed by atoms with Gasteiger partial charge in [-0.2, -0.15) is 0 Å². The average Bonchev–Trinajstić information content (AvgIpc) is 2.92. The first-order valence-electron chi connectivity index (χ1n) is 8.04. The molecule has 2 aromatic heterocycles. The van der Waals surface area contributed by atoms with Crippen LogP contribution in [0.3, 0.4) is 0 Å². The number of H-pyrrole nitrogens is 1. The maximum atomic E-state index is 12.8. The quantitative estimate of drug-likeness (QED) is 0.468. The molecular weight excluding hydrogens is 387 g/mol. The second kappa shape index (κ2) is 6.88. The molecule has 0 unspecified atom stereocenters. The summed E-state index contributed by atoms with van der Waals surface area (Å²) in [5, 5.41) is 1.97. The second-order valence-electron chi connectivity index (χ2n) is 6.04. The Labute approximate surface area is 164 Å². The Bertz CT molecular complexity index is 1160. The van der Waals surface area contributed by atoms with E-state index in [-0.39, 0.29) is 5.56 Å². The smallest absolute Gasteiger partial charge is 0.260 e. The van der Waals surface area contributed by atoms with Crippen molar-refractivity contribution in [3.63, 3.8) is 0 Å². The molecule has 4 aromatic rings. The lowest BCUT2D eigenvalue weighted by Crippen LogP contribution is -2.11. The summed E-state index contributed by atoms with van der Waals surface area (Å²) in [6, 6.07) is 15.1. The number of benzene rings is 2. The molecule has 0 atom stereocenters. The lowest BCUT2D eigenvalue weighted by molar-refractivity contribution is 0.977. The summed E-state index contributed by atoms with van der Waals surface area (Å²) in [6.07, 6.45) is 0.527. The van der Waals surface area contributed by atoms with Crippen LogP contribution in [-0.4, -0.2) is 9.97 Å². The largest absolute Gasteiger partial charge is 0.310 e. The fourth-order valence-electron chi connectivity index (χ4n) is 3.05. The Morgan fingerprint density at radius 1 is 1.08 bits per heavy atom. The summed E-state index contributed by atoms with van der Waals surface area (Å²) >= 11 is 13.6. The normalized spacial score (nSPS) is 11.2. The first-order chi connectivity index (χ1) is 12.5. The number of nitrogens with zero attached hydrogens (tertiary/aromatic N) is 1. The number of nitrogens with one attached hydrogen (secondary N) is 1. The molecule has 0 saturated carbocycles. The zero-order chi connectivity index (χ0) is 18.3. The highest BCUT2D eigenvalue weighted by Gasteiger charge is 2.16. The van der Waals surface area contributed by atoms with Gasteiger partial charge in [0.2, 0.25) is 0 Å². The number of aromatic amines is 1. The van der Waals surface area contributed by atoms with Crippen LogP contribution in [0, 0.1) is 6.92 Å². The minimum absolute atomic E-state index is 0.124. The van der Waals surface area contributed by atoms with Crippen molar-refractivity contribution in [2.24, 2.45) is 0 Å². The van der Waals surface area contributed by atoms with Gasteiger partial charge in [0.1, 0.15) is 10.7 Å². The summed E-state index contributed by atoms with van der Waals surface area (Å²) in [7, 11) is 0. The van der Waals surface area contributed by atoms with Crippen LogP contribution in [0.25, 0.3) is 21.3 Å². The van der Waals surface area contributed by atoms with Crippen LogP contribution in [0.5, 0.6) is 0 Å². The Hall–Kier alpha value is -2.14. The molecule has 0 aliphatic heterocycles. The molecule has 0 spiro atoms. The summed E-state index contributed by atoms with van der Waals surface area (Å²) < 4.78 is 0. The number of aromatic nitrogens is 2. The third-order valence-electron chi connectivity index (χ3n) is 4.18. The highest BCUT2D eigenvalue weighted by Crippen LogP contribution is 2.36. The van der Waals surface area contributed by atoms with Crippen molar-refractivity contribution < 1.29 is 0 Å². The van der Waals surface area contributed by atoms with Crippen molar-refractivity contribution in [3.8, 4) is 11.1 Å². The van der Waals surface area contributed by atoms with E-state index in [1.165, 1.54) is 11.3 Å². The van der Waals surface area contributed by atoms with Crippen molar-refractivity contribution in [1.29, 1.82) is 0 Å². The minimum Gasteiger partial charge on any atom is -0.310 e. The van der Waals surface area contributed by atoms with Crippen molar-refractivity contribution in [2.75, 3.05) is 0 Å². The molecule has 0 saturated heterocycles. The van der Waals surface area contributed by atoms with Crippen LogP contribution in [0.15, 0.2) is 53.3 Å². The maximum Gasteiger partial charge on any atom is 0.260 e. The zero-order valence-electron chi connectivity index (χ0n) is 13.8. The first kappa shape index (κ1) is 17.3. The van der Waals surface area contributed by atoms with Crippen molar-refractivity contribution in [1.82, 2.24) is 9.97 Å². The molecule has 0 amide bonds. The summed E-state index contributed by atoms with van der Waals surface area (Å²) in [5.74, 6) is 0.633. The summed E-state index contributed by atoms with van der Waals surface area (Å²) in [6.45, 7) is 2.01. The Balaban J connectivity index is 1.82. The number of aryl methyl sites for hydroxylation is 1. The van der Waals surface area contributed by atoms with Gasteiger partial charge in [0, 0.05) is 26.9 Å². The number of thiophene rings is 1. The van der Waals surface area contributed by atoms with Crippen molar-refractivity contribution in [3.05, 3.63) is 85.2 Å². The molecule has 130 valence electrons. The molecule has 2 aromatic carbocycles. The topological polar surface area (TPSA) is 45.8 Å². The lowest BCUT2D eigenvalue weighted by Gasteiger charge is -2.04. The van der Waals surface area contributed by atoms with E-state index in [0.29, 0.717) is 27.7 Å². The van der Waals surface area contributed by atoms with Crippen molar-refractivity contribution >= 4 is 44.8 Å². The van der Waals surface area contributed by atoms with E-state index in [9.17, 15) is 4.79 Å². The van der Waals surface area contributed by atoms with Crippen LogP contribution in [0.2, 0.25) is 10.0 Å². The average molecular weight is 401 g/mol. The number of rotatable bonds is 3. The lowest BCUT2D eigenvalue weighted by atomic mass is 10.0. The van der Waals surface area contributed by atoms with E-state index in [1.54, 1.807) is 0 Å². The van der Waals surface area contributed by atoms with Crippen LogP contribution in [-0.2, 0) is 6.42 Å². The van der Waals surface area contributed by atoms with Gasteiger partial charge in [-0.15, -0.1) is 11.3 Å². The van der Waals surface area contributed by atoms with Gasteiger partial charge in [-0.05, 0) is 42.3 Å². The minimum atomic E-state index is -0.124. The molecule has 26 heavy (non-hydrogen) atoms. The van der Waals surface area contributed by atoms with Gasteiger partial charge in [-0.1, -0.05) is 47.5 Å². The molecule has 0 aliphatic carbocycles. The Morgan fingerprint density at radius 2 is 1.85 bits per heavy atom. The first-order valence-corrected chi connectivity index (χ1v) is 9.61. The van der Waals surface area contributed by atoms with Crippen LogP contribution >= 0.6 is 34.5 Å². The molecule has 3 nitrogen and oxygen atoms in total. The van der Waals surface area contributed by atoms with Gasteiger partial charge >= 0.3 is 0 Å². The number of hydrogen-bond donors (Lipinski definition) is 1. The molecule has 1 N–H and O–H groups in total. The molecule has 0 aliphatic rings. The van der Waals surface area contributed by atoms with Gasteiger partial charge in [0.25, 0.3) is 5.56 Å². The highest BCUT2D eigenvalue weighted by atomic mass is 35.5. The number of fused-ring (bicyclic) bond motifs is 1. The maximum absolute atomic E-state index is 12.8. The molecule has 0 radical (unpaired) electrons. The molecule has 6 heteroatoms. The zero-order valence-corrected chi connectivity index (χ0v) is 16.2. The molecular formula is C20H14Cl2N2OS. The summed E-state index contributed by atoms with van der Waals surface area (Å²) in [5.41, 5.74) is 2.77. The number of hydrogen-bond acceptors (Lipinski definition) is 3. The third-order valence-corrected chi connectivity index (χ3v) is 5.67. The monoisotopic (exact) mass is 400 g/mol. The Kier molecular flexibility index (Phi) is 4.57. The SMILES string of the molecule is Cc1sc2nc(Cc3cccc(Cl)c3)[nH]c(=O)c2c1-c1ccc(Cl)cc1. The third kappa shape index (κ3) is 3.28. The predicted octanol–water partition coefficient (Wildman–Crippen LogP) is 5.86. The van der Waals surface area contributed by atoms with Crippen molar-refractivity contribution in [2.45, 2.75) is 13.3 Å².